The Bertz CT molecular complexity index is 863. The summed E-state index contributed by atoms with van der Waals surface area (Å²) < 4.78 is 1.83. The van der Waals surface area contributed by atoms with Gasteiger partial charge in [0.05, 0.1) is 11.0 Å². The highest BCUT2D eigenvalue weighted by Crippen LogP contribution is 2.21. The first-order chi connectivity index (χ1) is 9.10. The lowest BCUT2D eigenvalue weighted by molar-refractivity contribution is 0.760. The van der Waals surface area contributed by atoms with E-state index in [1.807, 2.05) is 36.6 Å². The molecule has 0 saturated heterocycles. The maximum absolute atomic E-state index is 11.8. The molecule has 0 aliphatic carbocycles. The minimum atomic E-state index is -0.645. The van der Waals surface area contributed by atoms with Gasteiger partial charge in [0.15, 0.2) is 11.5 Å². The molecular weight excluding hydrogens is 244 g/mol. The largest absolute Gasteiger partial charge is 0.349 e. The van der Waals surface area contributed by atoms with Crippen LogP contribution in [-0.2, 0) is 6.54 Å². The lowest BCUT2D eigenvalue weighted by atomic mass is 10.2. The van der Waals surface area contributed by atoms with Gasteiger partial charge in [-0.3, -0.25) is 9.78 Å². The second kappa shape index (κ2) is 4.01. The Morgan fingerprint density at radius 3 is 2.79 bits per heavy atom. The number of rotatable bonds is 1. The summed E-state index contributed by atoms with van der Waals surface area (Å²) in [6.45, 7) is 4.51. The van der Waals surface area contributed by atoms with Gasteiger partial charge >= 0.3 is 5.69 Å². The Labute approximate surface area is 108 Å². The summed E-state index contributed by atoms with van der Waals surface area (Å²) in [5.74, 6) is 0.326. The van der Waals surface area contributed by atoms with Crippen molar-refractivity contribution in [2.45, 2.75) is 20.4 Å². The van der Waals surface area contributed by atoms with Crippen molar-refractivity contribution >= 4 is 11.0 Å². The van der Waals surface area contributed by atoms with E-state index in [0.717, 1.165) is 16.6 Å². The molecular formula is C13H12N4O2. The van der Waals surface area contributed by atoms with E-state index < -0.39 is 11.2 Å². The van der Waals surface area contributed by atoms with Gasteiger partial charge in [-0.25, -0.2) is 9.78 Å². The van der Waals surface area contributed by atoms with Crippen LogP contribution in [0.1, 0.15) is 12.5 Å². The molecule has 2 heterocycles. The molecule has 0 aromatic heterocycles. The van der Waals surface area contributed by atoms with E-state index in [2.05, 4.69) is 15.0 Å². The van der Waals surface area contributed by atoms with Crippen LogP contribution in [-0.4, -0.2) is 19.5 Å². The van der Waals surface area contributed by atoms with Crippen molar-refractivity contribution in [2.24, 2.45) is 0 Å². The lowest BCUT2D eigenvalue weighted by Crippen LogP contribution is -2.28. The molecule has 0 radical (unpaired) electrons. The summed E-state index contributed by atoms with van der Waals surface area (Å²) in [5, 5.41) is 0. The Kier molecular flexibility index (Phi) is 2.45. The van der Waals surface area contributed by atoms with Crippen LogP contribution in [0.2, 0.25) is 0 Å². The zero-order chi connectivity index (χ0) is 13.6. The third-order valence-electron chi connectivity index (χ3n) is 3.08. The minimum Gasteiger partial charge on any atom is -0.323 e. The maximum atomic E-state index is 11.8. The molecule has 2 aliphatic rings. The molecule has 6 heteroatoms. The van der Waals surface area contributed by atoms with Crippen molar-refractivity contribution in [1.29, 1.82) is 0 Å². The fraction of sp³-hybridized carbons (Fsp3) is 0.231. The molecule has 1 aromatic rings. The van der Waals surface area contributed by atoms with Gasteiger partial charge in [0.2, 0.25) is 0 Å². The number of benzene rings is 1. The molecule has 96 valence electrons. The Hall–Kier alpha value is -2.50. The zero-order valence-corrected chi connectivity index (χ0v) is 10.6. The van der Waals surface area contributed by atoms with E-state index in [1.165, 1.54) is 0 Å². The molecule has 1 N–H and O–H groups in total. The van der Waals surface area contributed by atoms with Gasteiger partial charge in [-0.15, -0.1) is 0 Å². The molecule has 1 aromatic carbocycles. The van der Waals surface area contributed by atoms with E-state index >= 15 is 0 Å². The summed E-state index contributed by atoms with van der Waals surface area (Å²) in [6.07, 6.45) is 0. The highest BCUT2D eigenvalue weighted by molar-refractivity contribution is 5.79. The Morgan fingerprint density at radius 2 is 2.05 bits per heavy atom. The summed E-state index contributed by atoms with van der Waals surface area (Å²) in [5.41, 5.74) is 1.69. The number of aryl methyl sites for hydroxylation is 2. The summed E-state index contributed by atoms with van der Waals surface area (Å²) in [7, 11) is 0. The molecule has 6 nitrogen and oxygen atoms in total. The van der Waals surface area contributed by atoms with Gasteiger partial charge in [-0.05, 0) is 31.5 Å². The first-order valence-electron chi connectivity index (χ1n) is 6.01. The highest BCUT2D eigenvalue weighted by Gasteiger charge is 2.17. The average Bonchev–Trinajstić information content (AvgIpc) is 2.36. The number of hydrogen-bond donors (Lipinski definition) is 1. The number of H-pyrrole nitrogens is 1. The van der Waals surface area contributed by atoms with Crippen molar-refractivity contribution in [2.75, 3.05) is 0 Å². The molecule has 0 amide bonds. The second-order valence-corrected chi connectivity index (χ2v) is 4.39. The van der Waals surface area contributed by atoms with Crippen molar-refractivity contribution in [3.63, 3.8) is 0 Å². The van der Waals surface area contributed by atoms with Crippen molar-refractivity contribution in [3.05, 3.63) is 44.6 Å². The third kappa shape index (κ3) is 1.72. The maximum Gasteiger partial charge on any atom is 0.349 e. The summed E-state index contributed by atoms with van der Waals surface area (Å²) in [4.78, 5) is 33.5. The van der Waals surface area contributed by atoms with Gasteiger partial charge in [0.25, 0.3) is 5.56 Å². The number of fused-ring (bicyclic) bond motifs is 2. The highest BCUT2D eigenvalue weighted by atomic mass is 16.2. The van der Waals surface area contributed by atoms with Gasteiger partial charge in [0, 0.05) is 6.54 Å². The normalized spacial score (nSPS) is 11.3. The van der Waals surface area contributed by atoms with Gasteiger partial charge in [-0.1, -0.05) is 6.07 Å². The van der Waals surface area contributed by atoms with Crippen LogP contribution in [0.25, 0.3) is 22.6 Å². The molecule has 3 rings (SSSR count). The number of nitrogens with one attached hydrogen (secondary N) is 1. The van der Waals surface area contributed by atoms with Gasteiger partial charge < -0.3 is 4.57 Å². The van der Waals surface area contributed by atoms with E-state index in [1.54, 1.807) is 0 Å². The molecule has 2 aliphatic heterocycles. The quantitative estimate of drug-likeness (QED) is 0.656. The standard InChI is InChI=1S/C13H12N4O2/c1-3-17-9-5-4-7(2)6-8(9)14-10-11(17)15-13(19)16-12(10)18/h4-6H,3H2,1-2H3,(H,16,18,19). The van der Waals surface area contributed by atoms with Crippen LogP contribution < -0.4 is 11.2 Å². The number of hydrogen-bond acceptors (Lipinski definition) is 4. The van der Waals surface area contributed by atoms with E-state index in [9.17, 15) is 9.59 Å². The smallest absolute Gasteiger partial charge is 0.323 e. The zero-order valence-electron chi connectivity index (χ0n) is 10.6. The van der Waals surface area contributed by atoms with Crippen LogP contribution in [0.5, 0.6) is 0 Å². The predicted octanol–water partition coefficient (Wildman–Crippen LogP) is 0.913. The molecule has 0 fully saturated rings. The van der Waals surface area contributed by atoms with Gasteiger partial charge in [0.1, 0.15) is 0 Å². The molecule has 0 atom stereocenters. The van der Waals surface area contributed by atoms with E-state index in [4.69, 9.17) is 0 Å². The van der Waals surface area contributed by atoms with E-state index in [-0.39, 0.29) is 5.69 Å². The lowest BCUT2D eigenvalue weighted by Gasteiger charge is -2.14. The van der Waals surface area contributed by atoms with Crippen LogP contribution in [0.3, 0.4) is 0 Å². The number of aromatic amines is 1. The summed E-state index contributed by atoms with van der Waals surface area (Å²) in [6, 6.07) is 5.80. The van der Waals surface area contributed by atoms with Crippen LogP contribution >= 0.6 is 0 Å². The number of aromatic nitrogens is 4. The van der Waals surface area contributed by atoms with E-state index in [0.29, 0.717) is 12.4 Å². The van der Waals surface area contributed by atoms with Crippen molar-refractivity contribution in [1.82, 2.24) is 19.5 Å². The third-order valence-corrected chi connectivity index (χ3v) is 3.08. The van der Waals surface area contributed by atoms with Crippen LogP contribution in [0, 0.1) is 6.92 Å². The predicted molar refractivity (Wildman–Crippen MR) is 71.5 cm³/mol. The first kappa shape index (κ1) is 11.6. The SMILES string of the molecule is CCn1c2nc(=O)[nH]c(=O)c-2nc2cc(C)ccc21. The molecule has 0 spiro atoms. The fourth-order valence-corrected chi connectivity index (χ4v) is 2.23. The molecule has 0 unspecified atom stereocenters. The number of nitrogens with zero attached hydrogens (tertiary/aromatic N) is 3. The Balaban J connectivity index is 2.60. The first-order valence-corrected chi connectivity index (χ1v) is 6.01. The second-order valence-electron chi connectivity index (χ2n) is 4.39. The fourth-order valence-electron chi connectivity index (χ4n) is 2.23. The van der Waals surface area contributed by atoms with Crippen molar-refractivity contribution < 1.29 is 0 Å². The summed E-state index contributed by atoms with van der Waals surface area (Å²) >= 11 is 0. The monoisotopic (exact) mass is 256 g/mol. The minimum absolute atomic E-state index is 0.194. The van der Waals surface area contributed by atoms with Crippen LogP contribution in [0.4, 0.5) is 0 Å². The van der Waals surface area contributed by atoms with Crippen molar-refractivity contribution in [3.8, 4) is 11.5 Å². The molecule has 19 heavy (non-hydrogen) atoms. The Morgan fingerprint density at radius 1 is 1.26 bits per heavy atom. The molecule has 0 bridgehead atoms. The molecule has 0 saturated carbocycles. The topological polar surface area (TPSA) is 80.6 Å². The van der Waals surface area contributed by atoms with Crippen LogP contribution in [0.15, 0.2) is 27.8 Å². The average molecular weight is 256 g/mol. The van der Waals surface area contributed by atoms with Gasteiger partial charge in [-0.2, -0.15) is 4.98 Å².